The van der Waals surface area contributed by atoms with Gasteiger partial charge in [0, 0.05) is 24.1 Å². The molecule has 0 fully saturated rings. The van der Waals surface area contributed by atoms with Crippen LogP contribution >= 0.6 is 0 Å². The number of hydrogen-bond acceptors (Lipinski definition) is 6. The van der Waals surface area contributed by atoms with Crippen LogP contribution in [0.5, 0.6) is 0 Å². The lowest BCUT2D eigenvalue weighted by molar-refractivity contribution is 0.567. The maximum Gasteiger partial charge on any atom is 0.182 e. The lowest BCUT2D eigenvalue weighted by atomic mass is 10.1. The maximum atomic E-state index is 11.1. The summed E-state index contributed by atoms with van der Waals surface area (Å²) in [5.41, 5.74) is 8.30. The van der Waals surface area contributed by atoms with E-state index < -0.39 is 9.84 Å². The van der Waals surface area contributed by atoms with Gasteiger partial charge in [0.15, 0.2) is 5.82 Å². The normalized spacial score (nSPS) is 11.7. The van der Waals surface area contributed by atoms with Gasteiger partial charge in [-0.15, -0.1) is 5.10 Å². The molecule has 0 saturated heterocycles. The van der Waals surface area contributed by atoms with Crippen molar-refractivity contribution in [1.82, 2.24) is 20.2 Å². The first-order valence-corrected chi connectivity index (χ1v) is 8.22. The summed E-state index contributed by atoms with van der Waals surface area (Å²) in [6.45, 7) is 2.39. The third kappa shape index (κ3) is 3.77. The fourth-order valence-corrected chi connectivity index (χ4v) is 2.63. The summed E-state index contributed by atoms with van der Waals surface area (Å²) < 4.78 is 23.8. The fraction of sp³-hybridized carbons (Fsp3) is 0.417. The highest BCUT2D eigenvalue weighted by Crippen LogP contribution is 2.21. The molecular weight excluding hydrogens is 278 g/mol. The maximum absolute atomic E-state index is 11.1. The first kappa shape index (κ1) is 14.4. The minimum Gasteiger partial charge on any atom is -0.399 e. The standard InChI is InChI=1S/C12H17N5O2S/c1-9-6-10(8-11(13)7-9)12-14-15-16-17(12)4-3-5-20(2,18)19/h6-8H,3-5,13H2,1-2H3. The predicted octanol–water partition coefficient (Wildman–Crippen LogP) is 0.665. The minimum absolute atomic E-state index is 0.113. The molecule has 0 amide bonds. The van der Waals surface area contributed by atoms with Gasteiger partial charge in [0.1, 0.15) is 9.84 Å². The Balaban J connectivity index is 2.20. The second kappa shape index (κ2) is 5.58. The van der Waals surface area contributed by atoms with E-state index in [1.54, 1.807) is 10.7 Å². The summed E-state index contributed by atoms with van der Waals surface area (Å²) in [5.74, 6) is 0.705. The Labute approximate surface area is 117 Å². The number of aryl methyl sites for hydroxylation is 2. The van der Waals surface area contributed by atoms with Gasteiger partial charge in [-0.25, -0.2) is 13.1 Å². The van der Waals surface area contributed by atoms with Crippen LogP contribution in [0.25, 0.3) is 11.4 Å². The molecule has 20 heavy (non-hydrogen) atoms. The van der Waals surface area contributed by atoms with E-state index in [0.29, 0.717) is 24.5 Å². The number of nitrogen functional groups attached to an aromatic ring is 1. The van der Waals surface area contributed by atoms with Crippen molar-refractivity contribution < 1.29 is 8.42 Å². The number of nitrogens with two attached hydrogens (primary N) is 1. The van der Waals surface area contributed by atoms with Crippen LogP contribution in [0, 0.1) is 6.92 Å². The van der Waals surface area contributed by atoms with Crippen molar-refractivity contribution in [2.45, 2.75) is 19.9 Å². The number of anilines is 1. The molecular formula is C12H17N5O2S. The van der Waals surface area contributed by atoms with Crippen molar-refractivity contribution in [3.63, 3.8) is 0 Å². The first-order chi connectivity index (χ1) is 9.35. The summed E-state index contributed by atoms with van der Waals surface area (Å²) in [5, 5.41) is 11.5. The molecule has 1 aromatic carbocycles. The van der Waals surface area contributed by atoms with Crippen LogP contribution in [-0.4, -0.2) is 40.6 Å². The monoisotopic (exact) mass is 295 g/mol. The van der Waals surface area contributed by atoms with Crippen molar-refractivity contribution in [2.75, 3.05) is 17.7 Å². The molecule has 0 bridgehead atoms. The van der Waals surface area contributed by atoms with E-state index in [2.05, 4.69) is 15.5 Å². The molecule has 2 N–H and O–H groups in total. The van der Waals surface area contributed by atoms with Gasteiger partial charge in [-0.1, -0.05) is 0 Å². The molecule has 2 aromatic rings. The molecule has 7 nitrogen and oxygen atoms in total. The summed E-state index contributed by atoms with van der Waals surface area (Å²) in [4.78, 5) is 0. The molecule has 1 heterocycles. The zero-order valence-electron chi connectivity index (χ0n) is 11.4. The Bertz CT molecular complexity index is 688. The highest BCUT2D eigenvalue weighted by Gasteiger charge is 2.11. The average Bonchev–Trinajstić information content (AvgIpc) is 2.74. The Kier molecular flexibility index (Phi) is 4.03. The minimum atomic E-state index is -2.97. The van der Waals surface area contributed by atoms with Gasteiger partial charge in [0.05, 0.1) is 5.75 Å². The van der Waals surface area contributed by atoms with E-state index in [1.807, 2.05) is 19.1 Å². The van der Waals surface area contributed by atoms with Crippen LogP contribution < -0.4 is 5.73 Å². The second-order valence-electron chi connectivity index (χ2n) is 4.84. The number of aromatic nitrogens is 4. The summed E-state index contributed by atoms with van der Waals surface area (Å²) >= 11 is 0. The molecule has 8 heteroatoms. The van der Waals surface area contributed by atoms with Crippen molar-refractivity contribution in [3.8, 4) is 11.4 Å². The van der Waals surface area contributed by atoms with Gasteiger partial charge >= 0.3 is 0 Å². The number of hydrogen-bond donors (Lipinski definition) is 1. The predicted molar refractivity (Wildman–Crippen MR) is 76.7 cm³/mol. The molecule has 0 unspecified atom stereocenters. The fourth-order valence-electron chi connectivity index (χ4n) is 1.98. The summed E-state index contributed by atoms with van der Waals surface area (Å²) in [6.07, 6.45) is 1.69. The topological polar surface area (TPSA) is 104 Å². The van der Waals surface area contributed by atoms with E-state index in [-0.39, 0.29) is 5.75 Å². The van der Waals surface area contributed by atoms with Gasteiger partial charge in [0.25, 0.3) is 0 Å². The Morgan fingerprint density at radius 2 is 2.05 bits per heavy atom. The largest absolute Gasteiger partial charge is 0.399 e. The number of benzene rings is 1. The molecule has 0 saturated carbocycles. The highest BCUT2D eigenvalue weighted by molar-refractivity contribution is 7.90. The van der Waals surface area contributed by atoms with Gasteiger partial charge in [-0.2, -0.15) is 0 Å². The lowest BCUT2D eigenvalue weighted by Crippen LogP contribution is -2.09. The number of tetrazole rings is 1. The molecule has 0 aliphatic carbocycles. The molecule has 1 aromatic heterocycles. The van der Waals surface area contributed by atoms with E-state index in [4.69, 9.17) is 5.73 Å². The highest BCUT2D eigenvalue weighted by atomic mass is 32.2. The van der Waals surface area contributed by atoms with E-state index in [0.717, 1.165) is 11.1 Å². The van der Waals surface area contributed by atoms with Crippen molar-refractivity contribution >= 4 is 15.5 Å². The van der Waals surface area contributed by atoms with E-state index >= 15 is 0 Å². The number of nitrogens with zero attached hydrogens (tertiary/aromatic N) is 4. The summed E-state index contributed by atoms with van der Waals surface area (Å²) in [7, 11) is -2.97. The van der Waals surface area contributed by atoms with Crippen LogP contribution in [0.3, 0.4) is 0 Å². The van der Waals surface area contributed by atoms with Gasteiger partial charge in [0.2, 0.25) is 0 Å². The third-order valence-corrected chi connectivity index (χ3v) is 3.81. The summed E-state index contributed by atoms with van der Waals surface area (Å²) in [6, 6.07) is 5.60. The molecule has 0 aliphatic rings. The molecule has 2 rings (SSSR count). The number of rotatable bonds is 5. The van der Waals surface area contributed by atoms with Crippen LogP contribution in [0.4, 0.5) is 5.69 Å². The Morgan fingerprint density at radius 3 is 2.70 bits per heavy atom. The van der Waals surface area contributed by atoms with Crippen molar-refractivity contribution in [3.05, 3.63) is 23.8 Å². The van der Waals surface area contributed by atoms with E-state index in [9.17, 15) is 8.42 Å². The molecule has 0 aliphatic heterocycles. The molecule has 0 spiro atoms. The smallest absolute Gasteiger partial charge is 0.182 e. The molecule has 0 atom stereocenters. The third-order valence-electron chi connectivity index (χ3n) is 2.77. The van der Waals surface area contributed by atoms with Crippen LogP contribution in [-0.2, 0) is 16.4 Å². The Morgan fingerprint density at radius 1 is 1.30 bits per heavy atom. The van der Waals surface area contributed by atoms with Crippen LogP contribution in [0.15, 0.2) is 18.2 Å². The van der Waals surface area contributed by atoms with Gasteiger partial charge < -0.3 is 5.73 Å². The van der Waals surface area contributed by atoms with Crippen LogP contribution in [0.1, 0.15) is 12.0 Å². The Hall–Kier alpha value is -1.96. The second-order valence-corrected chi connectivity index (χ2v) is 7.10. The van der Waals surface area contributed by atoms with Crippen molar-refractivity contribution in [2.24, 2.45) is 0 Å². The van der Waals surface area contributed by atoms with Gasteiger partial charge in [-0.3, -0.25) is 0 Å². The first-order valence-electron chi connectivity index (χ1n) is 6.16. The lowest BCUT2D eigenvalue weighted by Gasteiger charge is -2.06. The molecule has 108 valence electrons. The van der Waals surface area contributed by atoms with Gasteiger partial charge in [-0.05, 0) is 47.5 Å². The number of sulfone groups is 1. The zero-order valence-corrected chi connectivity index (χ0v) is 12.3. The van der Waals surface area contributed by atoms with E-state index in [1.165, 1.54) is 6.26 Å². The average molecular weight is 295 g/mol. The SMILES string of the molecule is Cc1cc(N)cc(-c2nnnn2CCCS(C)(=O)=O)c1. The van der Waals surface area contributed by atoms with Crippen LogP contribution in [0.2, 0.25) is 0 Å². The quantitative estimate of drug-likeness (QED) is 0.813. The zero-order chi connectivity index (χ0) is 14.8. The molecule has 0 radical (unpaired) electrons. The van der Waals surface area contributed by atoms with Crippen molar-refractivity contribution in [1.29, 1.82) is 0 Å².